The van der Waals surface area contributed by atoms with E-state index in [2.05, 4.69) is 5.32 Å². The smallest absolute Gasteiger partial charge is 0.269 e. The lowest BCUT2D eigenvalue weighted by molar-refractivity contribution is -0.384. The van der Waals surface area contributed by atoms with Gasteiger partial charge in [0.2, 0.25) is 11.8 Å². The SMILES string of the molecule is CNC(=O)C(C)N(Cc1ccccc1C)C(=O)CSCc1ccc([N+](=O)[O-])cc1. The van der Waals surface area contributed by atoms with Crippen LogP contribution < -0.4 is 5.32 Å². The average Bonchev–Trinajstić information content (AvgIpc) is 2.72. The standard InChI is InChI=1S/C21H25N3O4S/c1-15-6-4-5-7-18(15)12-23(16(2)21(26)22-3)20(25)14-29-13-17-8-10-19(11-9-17)24(27)28/h4-11,16H,12-14H2,1-3H3,(H,22,26). The highest BCUT2D eigenvalue weighted by molar-refractivity contribution is 7.99. The zero-order valence-corrected chi connectivity index (χ0v) is 17.6. The van der Waals surface area contributed by atoms with Gasteiger partial charge < -0.3 is 10.2 Å². The summed E-state index contributed by atoms with van der Waals surface area (Å²) in [7, 11) is 1.55. The van der Waals surface area contributed by atoms with Gasteiger partial charge in [-0.3, -0.25) is 19.7 Å². The molecule has 2 amide bonds. The zero-order valence-electron chi connectivity index (χ0n) is 16.8. The van der Waals surface area contributed by atoms with Crippen LogP contribution in [0.25, 0.3) is 0 Å². The van der Waals surface area contributed by atoms with Crippen LogP contribution in [0.1, 0.15) is 23.6 Å². The topological polar surface area (TPSA) is 92.6 Å². The number of benzene rings is 2. The number of nitro groups is 1. The van der Waals surface area contributed by atoms with Crippen LogP contribution in [0.5, 0.6) is 0 Å². The lowest BCUT2D eigenvalue weighted by Gasteiger charge is -2.29. The van der Waals surface area contributed by atoms with Crippen molar-refractivity contribution in [1.82, 2.24) is 10.2 Å². The van der Waals surface area contributed by atoms with Crippen LogP contribution in [0, 0.1) is 17.0 Å². The average molecular weight is 416 g/mol. The summed E-state index contributed by atoms with van der Waals surface area (Å²) in [5, 5.41) is 13.3. The fourth-order valence-electron chi connectivity index (χ4n) is 2.82. The summed E-state index contributed by atoms with van der Waals surface area (Å²) in [5.74, 6) is 0.420. The third kappa shape index (κ3) is 6.32. The van der Waals surface area contributed by atoms with Gasteiger partial charge in [-0.05, 0) is 30.5 Å². The van der Waals surface area contributed by atoms with Gasteiger partial charge in [-0.15, -0.1) is 11.8 Å². The van der Waals surface area contributed by atoms with Crippen LogP contribution in [-0.4, -0.2) is 40.5 Å². The molecule has 7 nitrogen and oxygen atoms in total. The molecule has 0 spiro atoms. The van der Waals surface area contributed by atoms with Gasteiger partial charge in [0.25, 0.3) is 5.69 Å². The molecule has 2 aromatic carbocycles. The van der Waals surface area contributed by atoms with Crippen molar-refractivity contribution in [3.8, 4) is 0 Å². The first kappa shape index (κ1) is 22.4. The fraction of sp³-hybridized carbons (Fsp3) is 0.333. The van der Waals surface area contributed by atoms with E-state index in [0.29, 0.717) is 12.3 Å². The molecule has 8 heteroatoms. The molecule has 2 aromatic rings. The minimum absolute atomic E-state index is 0.0404. The first-order chi connectivity index (χ1) is 13.8. The summed E-state index contributed by atoms with van der Waals surface area (Å²) < 4.78 is 0. The maximum Gasteiger partial charge on any atom is 0.269 e. The highest BCUT2D eigenvalue weighted by Crippen LogP contribution is 2.19. The van der Waals surface area contributed by atoms with E-state index in [-0.39, 0.29) is 23.3 Å². The number of nitrogens with one attached hydrogen (secondary N) is 1. The molecule has 0 bridgehead atoms. The van der Waals surface area contributed by atoms with Gasteiger partial charge in [0.05, 0.1) is 10.7 Å². The molecule has 0 radical (unpaired) electrons. The van der Waals surface area contributed by atoms with Crippen molar-refractivity contribution in [2.45, 2.75) is 32.2 Å². The number of nitro benzene ring substituents is 1. The number of aryl methyl sites for hydroxylation is 1. The van der Waals surface area contributed by atoms with Gasteiger partial charge in [-0.2, -0.15) is 0 Å². The molecule has 2 rings (SSSR count). The Morgan fingerprint density at radius 2 is 1.83 bits per heavy atom. The maximum atomic E-state index is 12.9. The van der Waals surface area contributed by atoms with Crippen molar-refractivity contribution in [2.75, 3.05) is 12.8 Å². The molecule has 0 saturated carbocycles. The summed E-state index contributed by atoms with van der Waals surface area (Å²) >= 11 is 1.42. The Hall–Kier alpha value is -2.87. The minimum atomic E-state index is -0.591. The maximum absolute atomic E-state index is 12.9. The van der Waals surface area contributed by atoms with Crippen LogP contribution in [0.3, 0.4) is 0 Å². The number of carbonyl (C=O) groups excluding carboxylic acids is 2. The zero-order chi connectivity index (χ0) is 21.4. The second-order valence-electron chi connectivity index (χ2n) is 6.65. The number of non-ortho nitro benzene ring substituents is 1. The van der Waals surface area contributed by atoms with Crippen molar-refractivity contribution in [1.29, 1.82) is 0 Å². The van der Waals surface area contributed by atoms with Crippen molar-refractivity contribution < 1.29 is 14.5 Å². The third-order valence-corrected chi connectivity index (χ3v) is 5.65. The quantitative estimate of drug-likeness (QED) is 0.501. The predicted molar refractivity (Wildman–Crippen MR) is 115 cm³/mol. The Labute approximate surface area is 174 Å². The van der Waals surface area contributed by atoms with Gasteiger partial charge in [0.1, 0.15) is 6.04 Å². The summed E-state index contributed by atoms with van der Waals surface area (Å²) in [4.78, 5) is 36.9. The number of hydrogen-bond acceptors (Lipinski definition) is 5. The van der Waals surface area contributed by atoms with E-state index in [1.807, 2.05) is 31.2 Å². The van der Waals surface area contributed by atoms with Crippen LogP contribution in [0.2, 0.25) is 0 Å². The van der Waals surface area contributed by atoms with Gasteiger partial charge in [0.15, 0.2) is 0 Å². The van der Waals surface area contributed by atoms with E-state index in [4.69, 9.17) is 0 Å². The summed E-state index contributed by atoms with van der Waals surface area (Å²) in [6, 6.07) is 13.5. The van der Waals surface area contributed by atoms with Crippen molar-refractivity contribution in [2.24, 2.45) is 0 Å². The molecule has 29 heavy (non-hydrogen) atoms. The largest absolute Gasteiger partial charge is 0.357 e. The number of carbonyl (C=O) groups is 2. The molecule has 0 heterocycles. The van der Waals surface area contributed by atoms with Crippen LogP contribution >= 0.6 is 11.8 Å². The summed E-state index contributed by atoms with van der Waals surface area (Å²) in [6.45, 7) is 4.06. The third-order valence-electron chi connectivity index (χ3n) is 4.66. The van der Waals surface area contributed by atoms with Crippen molar-refractivity contribution in [3.05, 3.63) is 75.3 Å². The normalized spacial score (nSPS) is 11.6. The first-order valence-electron chi connectivity index (χ1n) is 9.20. The first-order valence-corrected chi connectivity index (χ1v) is 10.4. The Morgan fingerprint density at radius 1 is 1.17 bits per heavy atom. The van der Waals surface area contributed by atoms with Gasteiger partial charge in [0, 0.05) is 31.5 Å². The molecule has 0 saturated heterocycles. The molecular formula is C21H25N3O4S. The second-order valence-corrected chi connectivity index (χ2v) is 7.64. The number of rotatable bonds is 9. The number of thioether (sulfide) groups is 1. The van der Waals surface area contributed by atoms with Crippen molar-refractivity contribution >= 4 is 29.3 Å². The van der Waals surface area contributed by atoms with Crippen LogP contribution in [0.4, 0.5) is 5.69 Å². The Bertz CT molecular complexity index is 870. The van der Waals surface area contributed by atoms with E-state index in [1.165, 1.54) is 23.9 Å². The molecule has 154 valence electrons. The van der Waals surface area contributed by atoms with Crippen LogP contribution in [0.15, 0.2) is 48.5 Å². The van der Waals surface area contributed by atoms with E-state index in [1.54, 1.807) is 31.0 Å². The van der Waals surface area contributed by atoms with Gasteiger partial charge >= 0.3 is 0 Å². The lowest BCUT2D eigenvalue weighted by atomic mass is 10.1. The minimum Gasteiger partial charge on any atom is -0.357 e. The van der Waals surface area contributed by atoms with E-state index in [0.717, 1.165) is 16.7 Å². The van der Waals surface area contributed by atoms with E-state index < -0.39 is 11.0 Å². The monoisotopic (exact) mass is 415 g/mol. The van der Waals surface area contributed by atoms with Crippen molar-refractivity contribution in [3.63, 3.8) is 0 Å². The van der Waals surface area contributed by atoms with Gasteiger partial charge in [-0.25, -0.2) is 0 Å². The highest BCUT2D eigenvalue weighted by atomic mass is 32.2. The fourth-order valence-corrected chi connectivity index (χ4v) is 3.69. The Morgan fingerprint density at radius 3 is 2.41 bits per heavy atom. The summed E-state index contributed by atoms with van der Waals surface area (Å²) in [6.07, 6.45) is 0. The van der Waals surface area contributed by atoms with Crippen LogP contribution in [-0.2, 0) is 21.9 Å². The van der Waals surface area contributed by atoms with E-state index >= 15 is 0 Å². The number of nitrogens with zero attached hydrogens (tertiary/aromatic N) is 2. The molecule has 1 N–H and O–H groups in total. The van der Waals surface area contributed by atoms with Gasteiger partial charge in [-0.1, -0.05) is 36.4 Å². The molecular weight excluding hydrogens is 390 g/mol. The molecule has 1 unspecified atom stereocenters. The molecule has 0 aliphatic rings. The molecule has 0 aromatic heterocycles. The Balaban J connectivity index is 2.03. The lowest BCUT2D eigenvalue weighted by Crippen LogP contribution is -2.47. The van der Waals surface area contributed by atoms with E-state index in [9.17, 15) is 19.7 Å². The summed E-state index contributed by atoms with van der Waals surface area (Å²) in [5.41, 5.74) is 3.00. The molecule has 0 aliphatic carbocycles. The number of amides is 2. The predicted octanol–water partition coefficient (Wildman–Crippen LogP) is 3.30. The molecule has 0 fully saturated rings. The number of hydrogen-bond donors (Lipinski definition) is 1. The highest BCUT2D eigenvalue weighted by Gasteiger charge is 2.25. The molecule has 1 atom stereocenters. The number of likely N-dealkylation sites (N-methyl/N-ethyl adjacent to an activating group) is 1. The molecule has 0 aliphatic heterocycles. The second kappa shape index (κ2) is 10.6. The Kier molecular flexibility index (Phi) is 8.21.